The fraction of sp³-hybridized carbons (Fsp3) is 0.423. The number of halogens is 1. The van der Waals surface area contributed by atoms with Gasteiger partial charge in [-0.3, -0.25) is 4.79 Å². The molecule has 1 heterocycles. The molecule has 7 nitrogen and oxygen atoms in total. The van der Waals surface area contributed by atoms with Crippen molar-refractivity contribution >= 4 is 37.6 Å². The summed E-state index contributed by atoms with van der Waals surface area (Å²) in [5.41, 5.74) is 1.99. The first-order valence-corrected chi connectivity index (χ1v) is 14.2. The molecule has 192 valence electrons. The Labute approximate surface area is 217 Å². The molecule has 0 aliphatic carbocycles. The molecule has 0 bridgehead atoms. The Hall–Kier alpha value is -2.52. The van der Waals surface area contributed by atoms with Crippen LogP contribution in [0.15, 0.2) is 30.3 Å². The molecule has 0 radical (unpaired) electrons. The summed E-state index contributed by atoms with van der Waals surface area (Å²) in [6.45, 7) is 6.46. The first kappa shape index (κ1) is 27.1. The van der Waals surface area contributed by atoms with Gasteiger partial charge in [0.05, 0.1) is 28.4 Å². The van der Waals surface area contributed by atoms with Gasteiger partial charge >= 0.3 is 0 Å². The molecule has 1 aliphatic heterocycles. The highest BCUT2D eigenvalue weighted by Crippen LogP contribution is 2.56. The lowest BCUT2D eigenvalue weighted by molar-refractivity contribution is -0.117. The van der Waals surface area contributed by atoms with Crippen LogP contribution in [0.25, 0.3) is 5.57 Å². The number of ketones is 1. The lowest BCUT2D eigenvalue weighted by atomic mass is 9.95. The first-order valence-electron chi connectivity index (χ1n) is 10.9. The molecule has 1 unspecified atom stereocenters. The molecule has 0 amide bonds. The molecule has 3 rings (SSSR count). The van der Waals surface area contributed by atoms with Gasteiger partial charge in [0.25, 0.3) is 0 Å². The van der Waals surface area contributed by atoms with Gasteiger partial charge in [0, 0.05) is 10.3 Å². The predicted octanol–water partition coefficient (Wildman–Crippen LogP) is 5.99. The van der Waals surface area contributed by atoms with Crippen molar-refractivity contribution in [2.75, 3.05) is 41.0 Å². The molecule has 0 N–H and O–H groups in total. The zero-order valence-electron chi connectivity index (χ0n) is 21.6. The van der Waals surface area contributed by atoms with Gasteiger partial charge in [-0.2, -0.15) is 0 Å². The number of carbonyl (C=O) groups excluding carboxylic acids is 1. The van der Waals surface area contributed by atoms with Crippen LogP contribution in [-0.4, -0.2) is 56.5 Å². The van der Waals surface area contributed by atoms with Gasteiger partial charge in [-0.25, -0.2) is 0 Å². The second kappa shape index (κ2) is 10.2. The van der Waals surface area contributed by atoms with Crippen LogP contribution < -0.4 is 27.9 Å². The SMILES string of the molecule is COc1ccc(C2=CC(=O)C(Br)Oc3c2cc(OC)c(OC)c3OC)cc1OS(C)(C)C(C)(C)C. The fourth-order valence-corrected chi connectivity index (χ4v) is 4.54. The van der Waals surface area contributed by atoms with E-state index in [0.29, 0.717) is 45.6 Å². The summed E-state index contributed by atoms with van der Waals surface area (Å²) in [4.78, 5) is 12.9. The lowest BCUT2D eigenvalue weighted by Crippen LogP contribution is -2.27. The summed E-state index contributed by atoms with van der Waals surface area (Å²) < 4.78 is 34.8. The van der Waals surface area contributed by atoms with Gasteiger partial charge in [0.2, 0.25) is 22.3 Å². The molecular weight excluding hydrogens is 536 g/mol. The zero-order valence-corrected chi connectivity index (χ0v) is 24.0. The van der Waals surface area contributed by atoms with Gasteiger partial charge in [-0.15, -0.1) is 0 Å². The van der Waals surface area contributed by atoms with E-state index < -0.39 is 15.3 Å². The van der Waals surface area contributed by atoms with Crippen LogP contribution >= 0.6 is 26.2 Å². The Bertz CT molecular complexity index is 1150. The monoisotopic (exact) mass is 568 g/mol. The van der Waals surface area contributed by atoms with Crippen molar-refractivity contribution in [1.29, 1.82) is 0 Å². The van der Waals surface area contributed by atoms with Crippen LogP contribution in [0.4, 0.5) is 0 Å². The van der Waals surface area contributed by atoms with E-state index in [4.69, 9.17) is 27.9 Å². The van der Waals surface area contributed by atoms with Crippen molar-refractivity contribution in [2.24, 2.45) is 0 Å². The Balaban J connectivity index is 2.27. The van der Waals surface area contributed by atoms with Crippen molar-refractivity contribution in [3.05, 3.63) is 41.5 Å². The third kappa shape index (κ3) is 5.21. The third-order valence-electron chi connectivity index (χ3n) is 6.05. The Kier molecular flexibility index (Phi) is 7.91. The topological polar surface area (TPSA) is 72.5 Å². The Morgan fingerprint density at radius 3 is 2.06 bits per heavy atom. The minimum absolute atomic E-state index is 0.0630. The number of hydrogen-bond acceptors (Lipinski definition) is 7. The third-order valence-corrected chi connectivity index (χ3v) is 10.2. The average molecular weight is 570 g/mol. The highest BCUT2D eigenvalue weighted by atomic mass is 79.9. The van der Waals surface area contributed by atoms with Crippen LogP contribution in [-0.2, 0) is 4.79 Å². The number of rotatable bonds is 7. The maximum absolute atomic E-state index is 12.9. The average Bonchev–Trinajstić information content (AvgIpc) is 2.92. The minimum Gasteiger partial charge on any atom is -0.493 e. The van der Waals surface area contributed by atoms with Crippen LogP contribution in [0.1, 0.15) is 31.9 Å². The van der Waals surface area contributed by atoms with Crippen LogP contribution in [0, 0.1) is 0 Å². The molecule has 0 spiro atoms. The molecule has 0 fully saturated rings. The molecule has 2 aromatic rings. The smallest absolute Gasteiger partial charge is 0.215 e. The quantitative estimate of drug-likeness (QED) is 0.379. The molecule has 1 aliphatic rings. The molecule has 35 heavy (non-hydrogen) atoms. The molecule has 0 saturated heterocycles. The maximum atomic E-state index is 12.9. The largest absolute Gasteiger partial charge is 0.493 e. The van der Waals surface area contributed by atoms with E-state index in [1.54, 1.807) is 26.4 Å². The second-order valence-electron chi connectivity index (χ2n) is 9.21. The number of carbonyl (C=O) groups is 1. The lowest BCUT2D eigenvalue weighted by Gasteiger charge is -2.44. The minimum atomic E-state index is -1.50. The molecule has 0 saturated carbocycles. The predicted molar refractivity (Wildman–Crippen MR) is 144 cm³/mol. The molecule has 9 heteroatoms. The van der Waals surface area contributed by atoms with Gasteiger partial charge in [0.15, 0.2) is 23.0 Å². The number of ether oxygens (including phenoxy) is 5. The molecule has 2 aromatic carbocycles. The summed E-state index contributed by atoms with van der Waals surface area (Å²) in [5, 5.41) is -0.899. The fourth-order valence-electron chi connectivity index (χ4n) is 3.39. The van der Waals surface area contributed by atoms with E-state index in [-0.39, 0.29) is 10.5 Å². The zero-order chi connectivity index (χ0) is 26.1. The number of benzene rings is 2. The summed E-state index contributed by atoms with van der Waals surface area (Å²) in [7, 11) is 4.67. The van der Waals surface area contributed by atoms with Gasteiger partial charge < -0.3 is 27.9 Å². The van der Waals surface area contributed by atoms with Gasteiger partial charge in [-0.05, 0) is 84.6 Å². The van der Waals surface area contributed by atoms with Crippen molar-refractivity contribution < 1.29 is 32.7 Å². The number of hydrogen-bond donors (Lipinski definition) is 0. The van der Waals surface area contributed by atoms with E-state index in [1.165, 1.54) is 14.2 Å². The molecule has 1 atom stereocenters. The number of fused-ring (bicyclic) bond motifs is 1. The summed E-state index contributed by atoms with van der Waals surface area (Å²) in [6.07, 6.45) is 5.78. The van der Waals surface area contributed by atoms with E-state index >= 15 is 0 Å². The van der Waals surface area contributed by atoms with E-state index in [1.807, 2.05) is 18.2 Å². The van der Waals surface area contributed by atoms with E-state index in [0.717, 1.165) is 5.56 Å². The maximum Gasteiger partial charge on any atom is 0.215 e. The van der Waals surface area contributed by atoms with Crippen LogP contribution in [0.5, 0.6) is 34.5 Å². The van der Waals surface area contributed by atoms with E-state index in [2.05, 4.69) is 49.2 Å². The Morgan fingerprint density at radius 1 is 0.886 bits per heavy atom. The number of alkyl halides is 1. The molecular formula is C26H33BrO7S. The summed E-state index contributed by atoms with van der Waals surface area (Å²) in [5.74, 6) is 2.47. The van der Waals surface area contributed by atoms with Crippen molar-refractivity contribution in [1.82, 2.24) is 0 Å². The van der Waals surface area contributed by atoms with Crippen molar-refractivity contribution in [2.45, 2.75) is 30.5 Å². The van der Waals surface area contributed by atoms with Gasteiger partial charge in [0.1, 0.15) is 0 Å². The standard InChI is InChI=1S/C26H33BrO7S/c1-26(2,3)35(8,9)34-20-12-15(10-11-19(20)29-4)16-13-18(28)25(27)33-22-17(16)14-21(30-5)23(31-6)24(22)32-7/h10-14,25H,1-9H3. The van der Waals surface area contributed by atoms with Crippen LogP contribution in [0.3, 0.4) is 0 Å². The number of methoxy groups -OCH3 is 4. The van der Waals surface area contributed by atoms with Crippen molar-refractivity contribution in [3.8, 4) is 34.5 Å². The van der Waals surface area contributed by atoms with Crippen LogP contribution in [0.2, 0.25) is 0 Å². The van der Waals surface area contributed by atoms with Gasteiger partial charge in [-0.1, -0.05) is 16.4 Å². The highest BCUT2D eigenvalue weighted by molar-refractivity contribution is 9.09. The van der Waals surface area contributed by atoms with Crippen molar-refractivity contribution in [3.63, 3.8) is 0 Å². The summed E-state index contributed by atoms with van der Waals surface area (Å²) in [6, 6.07) is 7.38. The van der Waals surface area contributed by atoms with E-state index in [9.17, 15) is 4.79 Å². The second-order valence-corrected chi connectivity index (χ2v) is 13.9. The molecule has 0 aromatic heterocycles. The first-order chi connectivity index (χ1) is 16.4. The Morgan fingerprint density at radius 2 is 1.51 bits per heavy atom. The normalized spacial score (nSPS) is 16.3. The highest BCUT2D eigenvalue weighted by Gasteiger charge is 2.33. The summed E-state index contributed by atoms with van der Waals surface area (Å²) >= 11 is 3.33.